The third kappa shape index (κ3) is 12.0. The van der Waals surface area contributed by atoms with Crippen molar-refractivity contribution in [3.05, 3.63) is 196 Å². The van der Waals surface area contributed by atoms with Gasteiger partial charge in [-0.3, -0.25) is 33.6 Å². The molecule has 11 rings (SSSR count). The number of aromatic nitrogens is 4. The van der Waals surface area contributed by atoms with E-state index in [2.05, 4.69) is 60.2 Å². The van der Waals surface area contributed by atoms with Crippen LogP contribution in [0.2, 0.25) is 20.1 Å². The predicted molar refractivity (Wildman–Crippen MR) is 307 cm³/mol. The number of allylic oxidation sites excluding steroid dienone is 3. The molecule has 2 saturated heterocycles. The molecule has 20 heteroatoms. The monoisotopic (exact) mass is 1170 g/mol. The van der Waals surface area contributed by atoms with Crippen molar-refractivity contribution in [1.82, 2.24) is 28.9 Å². The van der Waals surface area contributed by atoms with Crippen LogP contribution in [0.15, 0.2) is 148 Å². The number of carbonyl (C=O) groups is 2. The molecule has 2 unspecified atom stereocenters. The first kappa shape index (κ1) is 54.6. The molecule has 2 amide bonds. The fourth-order valence-corrected chi connectivity index (χ4v) is 11.2. The van der Waals surface area contributed by atoms with Gasteiger partial charge in [0, 0.05) is 99.1 Å². The van der Waals surface area contributed by atoms with Crippen molar-refractivity contribution < 1.29 is 14.0 Å². The van der Waals surface area contributed by atoms with E-state index >= 15 is 0 Å². The Balaban J connectivity index is 0.000000171. The quantitative estimate of drug-likeness (QED) is 0.0912. The summed E-state index contributed by atoms with van der Waals surface area (Å²) >= 11 is 28.4. The summed E-state index contributed by atoms with van der Waals surface area (Å²) in [5.41, 5.74) is 5.66. The molecule has 4 aromatic carbocycles. The lowest BCUT2D eigenvalue weighted by Gasteiger charge is -2.39. The van der Waals surface area contributed by atoms with E-state index in [-0.39, 0.29) is 28.8 Å². The number of para-hydroxylation sites is 1. The molecular weight excluding hydrogens is 1120 g/mol. The maximum atomic E-state index is 14.1. The Bertz CT molecular complexity index is 3300. The van der Waals surface area contributed by atoms with Gasteiger partial charge in [0.1, 0.15) is 29.5 Å². The number of halogens is 6. The maximum Gasteiger partial charge on any atom is 0.268 e. The average Bonchev–Trinajstić information content (AvgIpc) is 4.13. The zero-order chi connectivity index (χ0) is 53.8. The molecule has 76 heavy (non-hydrogen) atoms. The van der Waals surface area contributed by atoms with Crippen LogP contribution in [0.25, 0.3) is 0 Å². The van der Waals surface area contributed by atoms with Crippen molar-refractivity contribution in [2.45, 2.75) is 51.7 Å². The number of piperazine rings is 2. The molecule has 1 aliphatic carbocycles. The van der Waals surface area contributed by atoms with Gasteiger partial charge in [0.25, 0.3) is 22.9 Å². The number of anilines is 4. The summed E-state index contributed by atoms with van der Waals surface area (Å²) in [7, 11) is 0. The van der Waals surface area contributed by atoms with E-state index < -0.39 is 12.1 Å². The van der Waals surface area contributed by atoms with Crippen LogP contribution >= 0.6 is 62.3 Å². The van der Waals surface area contributed by atoms with Gasteiger partial charge in [-0.2, -0.15) is 0 Å². The third-order valence-electron chi connectivity index (χ3n) is 14.2. The zero-order valence-corrected chi connectivity index (χ0v) is 46.7. The van der Waals surface area contributed by atoms with Gasteiger partial charge in [0.2, 0.25) is 0 Å². The molecule has 1 saturated carbocycles. The average molecular weight is 1180 g/mol. The van der Waals surface area contributed by atoms with E-state index in [4.69, 9.17) is 46.4 Å². The first-order valence-corrected chi connectivity index (χ1v) is 27.8. The number of amides is 2. The van der Waals surface area contributed by atoms with Crippen molar-refractivity contribution in [1.29, 1.82) is 0 Å². The highest BCUT2D eigenvalue weighted by molar-refractivity contribution is 9.09. The molecular formula is C56H58BrCl4FN10O4. The molecule has 3 N–H and O–H groups in total. The molecule has 0 spiro atoms. The van der Waals surface area contributed by atoms with E-state index in [1.165, 1.54) is 36.4 Å². The number of carbonyl (C=O) groups excluding carboxylic acids is 2. The van der Waals surface area contributed by atoms with Gasteiger partial charge in [-0.15, -0.1) is 6.58 Å². The summed E-state index contributed by atoms with van der Waals surface area (Å²) in [5, 5.41) is 12.1. The van der Waals surface area contributed by atoms with Crippen LogP contribution < -0.4 is 31.6 Å². The van der Waals surface area contributed by atoms with Crippen molar-refractivity contribution in [3.8, 4) is 0 Å². The number of hydrogen-bond acceptors (Lipinski definition) is 8. The normalized spacial score (nSPS) is 18.1. The second-order valence-electron chi connectivity index (χ2n) is 19.2. The van der Waals surface area contributed by atoms with Gasteiger partial charge in [-0.1, -0.05) is 98.7 Å². The fraction of sp³-hybridized carbons (Fsp3) is 0.321. The van der Waals surface area contributed by atoms with Gasteiger partial charge in [0.05, 0.1) is 31.2 Å². The molecule has 14 nitrogen and oxygen atoms in total. The van der Waals surface area contributed by atoms with E-state index in [0.29, 0.717) is 107 Å². The van der Waals surface area contributed by atoms with Gasteiger partial charge in [0.15, 0.2) is 0 Å². The minimum Gasteiger partial charge on any atom is -0.368 e. The summed E-state index contributed by atoms with van der Waals surface area (Å²) < 4.78 is 18.5. The largest absolute Gasteiger partial charge is 0.368 e. The summed E-state index contributed by atoms with van der Waals surface area (Å²) in [6, 6.07) is 29.1. The SMILES string of the molecule is BrCC1CC1.C=CCCn1c(=O)cc2n1C(c1ccc(Cl)c(Cl)c1)C(C(=O)N1CCN(c3ccc(F)cc3)CC1)=C(C)N2.CC1=C(C(=O)N2CCN(c3ccccc3)CC2)C(c2ccc(Cl)c(Cl)c2)n2[nH]c(=O)cc2N1. The lowest BCUT2D eigenvalue weighted by Crippen LogP contribution is -2.50. The lowest BCUT2D eigenvalue weighted by molar-refractivity contribution is -0.128. The smallest absolute Gasteiger partial charge is 0.268 e. The van der Waals surface area contributed by atoms with Crippen molar-refractivity contribution >= 4 is 97.2 Å². The Morgan fingerprint density at radius 2 is 1.17 bits per heavy atom. The molecule has 6 aromatic rings. The number of aromatic amines is 1. The fourth-order valence-electron chi connectivity index (χ4n) is 9.96. The Kier molecular flexibility index (Phi) is 17.3. The molecule has 4 aliphatic heterocycles. The predicted octanol–water partition coefficient (Wildman–Crippen LogP) is 11.2. The minimum atomic E-state index is -0.587. The second kappa shape index (κ2) is 24.0. The summed E-state index contributed by atoms with van der Waals surface area (Å²) in [6.45, 7) is 12.9. The van der Waals surface area contributed by atoms with Crippen molar-refractivity contribution in [3.63, 3.8) is 0 Å². The first-order valence-electron chi connectivity index (χ1n) is 25.2. The van der Waals surface area contributed by atoms with E-state index in [1.54, 1.807) is 57.9 Å². The van der Waals surface area contributed by atoms with Crippen LogP contribution in [0.3, 0.4) is 0 Å². The number of nitrogens with zero attached hydrogens (tertiary/aromatic N) is 7. The topological polar surface area (TPSA) is 136 Å². The van der Waals surface area contributed by atoms with Crippen LogP contribution in [-0.4, -0.2) is 98.4 Å². The van der Waals surface area contributed by atoms with Crippen LogP contribution in [0, 0.1) is 11.7 Å². The molecule has 2 atom stereocenters. The second-order valence-corrected chi connectivity index (χ2v) is 21.5. The highest BCUT2D eigenvalue weighted by atomic mass is 79.9. The van der Waals surface area contributed by atoms with Crippen LogP contribution in [0.1, 0.15) is 56.3 Å². The minimum absolute atomic E-state index is 0.0658. The molecule has 6 heterocycles. The Morgan fingerprint density at radius 3 is 1.67 bits per heavy atom. The molecule has 2 aromatic heterocycles. The molecule has 3 fully saturated rings. The van der Waals surface area contributed by atoms with E-state index in [0.717, 1.165) is 41.5 Å². The number of fused-ring (bicyclic) bond motifs is 2. The highest BCUT2D eigenvalue weighted by Gasteiger charge is 2.39. The van der Waals surface area contributed by atoms with Crippen LogP contribution in [0.5, 0.6) is 0 Å². The Labute approximate surface area is 469 Å². The first-order chi connectivity index (χ1) is 36.6. The van der Waals surface area contributed by atoms with Gasteiger partial charge in [-0.25, -0.2) is 9.07 Å². The standard InChI is InChI=1S/C28H28Cl2FN5O2.C24H23Cl2N5O2.C4H7Br/c1-3-4-11-35-25(37)17-24-32-18(2)26(27(36(24)35)19-5-10-22(29)23(30)16-19)28(38)34-14-12-33(13-15-34)21-8-6-20(31)7-9-21;1-15-22(24(33)30-11-9-29(10-12-30)17-5-3-2-4-6-17)23(16-7-8-18(25)19(26)13-16)31-20(27-15)14-21(32)28-31;5-3-4-1-2-4/h3,5-10,16-17,27,32H,1,4,11-15H2,2H3;2-8,13-14,23,27H,9-12H2,1H3,(H,28,32);4H,1-3H2. The number of nitrogens with one attached hydrogen (secondary N) is 3. The summed E-state index contributed by atoms with van der Waals surface area (Å²) in [5.74, 6) is 1.79. The third-order valence-corrected chi connectivity index (χ3v) is 16.5. The number of H-pyrrole nitrogens is 1. The molecule has 0 bridgehead atoms. The Hall–Kier alpha value is -6.17. The lowest BCUT2D eigenvalue weighted by atomic mass is 9.94. The van der Waals surface area contributed by atoms with Gasteiger partial charge < -0.3 is 30.2 Å². The summed E-state index contributed by atoms with van der Waals surface area (Å²) in [6.07, 6.45) is 5.27. The number of benzene rings is 4. The number of rotatable bonds is 10. The van der Waals surface area contributed by atoms with Crippen LogP contribution in [-0.2, 0) is 16.1 Å². The zero-order valence-electron chi connectivity index (χ0n) is 42.1. The highest BCUT2D eigenvalue weighted by Crippen LogP contribution is 2.41. The molecule has 0 radical (unpaired) electrons. The van der Waals surface area contributed by atoms with Crippen molar-refractivity contribution in [2.75, 3.05) is 78.1 Å². The van der Waals surface area contributed by atoms with Gasteiger partial charge >= 0.3 is 0 Å². The van der Waals surface area contributed by atoms with E-state index in [1.807, 2.05) is 58.7 Å². The number of alkyl halides is 1. The summed E-state index contributed by atoms with van der Waals surface area (Å²) in [4.78, 5) is 61.1. The molecule has 5 aliphatic rings. The Morgan fingerprint density at radius 1 is 0.658 bits per heavy atom. The maximum absolute atomic E-state index is 14.1. The van der Waals surface area contributed by atoms with Crippen LogP contribution in [0.4, 0.5) is 27.4 Å². The van der Waals surface area contributed by atoms with Gasteiger partial charge in [-0.05, 0) is 111 Å². The number of hydrogen-bond donors (Lipinski definition) is 3. The van der Waals surface area contributed by atoms with Crippen molar-refractivity contribution in [2.24, 2.45) is 5.92 Å². The van der Waals surface area contributed by atoms with E-state index in [9.17, 15) is 23.6 Å². The molecule has 398 valence electrons.